The van der Waals surface area contributed by atoms with Gasteiger partial charge in [0.1, 0.15) is 0 Å². The Morgan fingerprint density at radius 2 is 0.942 bits per heavy atom. The molecular weight excluding hydrogens is 1060 g/mol. The standard InChI is InChI=1S/C81H88BN3S/c1-74(2,3)49-31-33-54-58(41-49)81(16,17)57-29-24-30-65(70(54)57)85-66-47-62-61(78(10,11)38-39-79(62,12)13)46-64(66)82-71-67(43-53(44-68(71)85)83(50-25-20-18-21-26-50)51-27-22-19-23-28-51)84(52-32-34-56-59(42-52)76(6,7)36-35-75(56,4)5)72-55-45-60-63(48-69(55)86-73(72)82)80(14,15)40-37-77(60,8)9/h18-34,41-48H,35-40H2,1-17H3. The molecule has 5 heteroatoms. The highest BCUT2D eigenvalue weighted by atomic mass is 32.1. The van der Waals surface area contributed by atoms with Crippen LogP contribution in [0.5, 0.6) is 0 Å². The van der Waals surface area contributed by atoms with Gasteiger partial charge in [0.25, 0.3) is 6.71 Å². The first-order chi connectivity index (χ1) is 40.5. The van der Waals surface area contributed by atoms with Crippen LogP contribution >= 0.6 is 11.3 Å². The number of nitrogens with zero attached hydrogens (tertiary/aromatic N) is 3. The molecule has 8 aromatic carbocycles. The Morgan fingerprint density at radius 1 is 0.419 bits per heavy atom. The summed E-state index contributed by atoms with van der Waals surface area (Å²) in [4.78, 5) is 8.11. The zero-order valence-corrected chi connectivity index (χ0v) is 55.3. The SMILES string of the molecule is CC(C)(C)c1ccc2c(c1)C(C)(C)c1cccc(N3c4cc5c(cc4B4c6sc7cc8c(cc7c6N(c6ccc7c(c6)C(C)(C)CCC7(C)C)c6cc(N(c7ccccc7)c7ccccc7)cc3c64)C(C)(C)CCC8(C)C)C(C)(C)CCC5(C)C)c1-2. The van der Waals surface area contributed by atoms with Crippen LogP contribution in [-0.4, -0.2) is 6.71 Å². The fraction of sp³-hybridized carbons (Fsp3) is 0.383. The van der Waals surface area contributed by atoms with Crippen LogP contribution in [0.2, 0.25) is 0 Å². The summed E-state index contributed by atoms with van der Waals surface area (Å²) in [6, 6.07) is 60.7. The lowest BCUT2D eigenvalue weighted by molar-refractivity contribution is 0.332. The predicted molar refractivity (Wildman–Crippen MR) is 373 cm³/mol. The lowest BCUT2D eigenvalue weighted by Gasteiger charge is -2.48. The van der Waals surface area contributed by atoms with Crippen LogP contribution < -0.4 is 30.4 Å². The van der Waals surface area contributed by atoms with Crippen molar-refractivity contribution in [3.63, 3.8) is 0 Å². The normalized spacial score (nSPS) is 19.8. The molecule has 0 bridgehead atoms. The number of para-hydroxylation sites is 2. The molecule has 0 amide bonds. The summed E-state index contributed by atoms with van der Waals surface area (Å²) in [5.41, 5.74) is 29.7. The Balaban J connectivity index is 1.13. The van der Waals surface area contributed by atoms with Crippen LogP contribution in [0.1, 0.15) is 206 Å². The third-order valence-corrected chi connectivity index (χ3v) is 24.0. The van der Waals surface area contributed by atoms with Crippen molar-refractivity contribution in [2.24, 2.45) is 0 Å². The fourth-order valence-electron chi connectivity index (χ4n) is 17.0. The van der Waals surface area contributed by atoms with Crippen LogP contribution in [0, 0.1) is 0 Å². The molecule has 6 aliphatic rings. The monoisotopic (exact) mass is 1150 g/mol. The Bertz CT molecular complexity index is 4290. The zero-order chi connectivity index (χ0) is 60.4. The van der Waals surface area contributed by atoms with Crippen molar-refractivity contribution in [3.05, 3.63) is 202 Å². The van der Waals surface area contributed by atoms with Gasteiger partial charge in [-0.2, -0.15) is 0 Å². The zero-order valence-electron chi connectivity index (χ0n) is 54.5. The van der Waals surface area contributed by atoms with Crippen molar-refractivity contribution in [2.75, 3.05) is 14.7 Å². The second-order valence-electron chi connectivity index (χ2n) is 32.5. The number of fused-ring (bicyclic) bond motifs is 12. The van der Waals surface area contributed by atoms with Crippen LogP contribution in [-0.2, 0) is 43.3 Å². The maximum Gasteiger partial charge on any atom is 0.264 e. The van der Waals surface area contributed by atoms with Crippen molar-refractivity contribution in [1.29, 1.82) is 0 Å². The van der Waals surface area contributed by atoms with Gasteiger partial charge in [0.15, 0.2) is 0 Å². The van der Waals surface area contributed by atoms with Gasteiger partial charge in [-0.3, -0.25) is 0 Å². The molecule has 436 valence electrons. The lowest BCUT2D eigenvalue weighted by Crippen LogP contribution is -2.61. The number of anilines is 9. The average molecular weight is 1150 g/mol. The minimum Gasteiger partial charge on any atom is -0.311 e. The molecule has 3 nitrogen and oxygen atoms in total. The second kappa shape index (κ2) is 18.2. The summed E-state index contributed by atoms with van der Waals surface area (Å²) >= 11 is 2.08. The molecule has 0 unspecified atom stereocenters. The maximum atomic E-state index is 2.79. The number of hydrogen-bond acceptors (Lipinski definition) is 4. The molecule has 15 rings (SSSR count). The molecule has 0 N–H and O–H groups in total. The van der Waals surface area contributed by atoms with Gasteiger partial charge >= 0.3 is 0 Å². The smallest absolute Gasteiger partial charge is 0.264 e. The summed E-state index contributed by atoms with van der Waals surface area (Å²) in [7, 11) is 0. The topological polar surface area (TPSA) is 9.72 Å². The molecule has 1 aromatic heterocycles. The van der Waals surface area contributed by atoms with Gasteiger partial charge in [0.2, 0.25) is 0 Å². The Labute approximate surface area is 519 Å². The molecule has 0 atom stereocenters. The predicted octanol–water partition coefficient (Wildman–Crippen LogP) is 21.1. The van der Waals surface area contributed by atoms with E-state index in [4.69, 9.17) is 0 Å². The van der Waals surface area contributed by atoms with E-state index in [2.05, 4.69) is 295 Å². The second-order valence-corrected chi connectivity index (χ2v) is 33.6. The molecular formula is C81H88BN3S. The first-order valence-corrected chi connectivity index (χ1v) is 33.2. The van der Waals surface area contributed by atoms with Gasteiger partial charge < -0.3 is 14.7 Å². The van der Waals surface area contributed by atoms with Crippen LogP contribution in [0.25, 0.3) is 21.2 Å². The highest BCUT2D eigenvalue weighted by molar-refractivity contribution is 7.33. The van der Waals surface area contributed by atoms with E-state index in [9.17, 15) is 0 Å². The highest BCUT2D eigenvalue weighted by Crippen LogP contribution is 2.60. The minimum absolute atomic E-state index is 0.00507. The van der Waals surface area contributed by atoms with Gasteiger partial charge in [-0.1, -0.05) is 197 Å². The first-order valence-electron chi connectivity index (χ1n) is 32.4. The fourth-order valence-corrected chi connectivity index (χ4v) is 18.3. The Kier molecular flexibility index (Phi) is 11.8. The van der Waals surface area contributed by atoms with E-state index >= 15 is 0 Å². The van der Waals surface area contributed by atoms with Crippen molar-refractivity contribution in [2.45, 2.75) is 200 Å². The molecule has 4 aliphatic carbocycles. The molecule has 0 fully saturated rings. The molecule has 3 heterocycles. The number of hydrogen-bond donors (Lipinski definition) is 0. The molecule has 86 heavy (non-hydrogen) atoms. The van der Waals surface area contributed by atoms with Crippen molar-refractivity contribution in [1.82, 2.24) is 0 Å². The Hall–Kier alpha value is -6.82. The lowest BCUT2D eigenvalue weighted by atomic mass is 9.35. The third-order valence-electron chi connectivity index (χ3n) is 22.8. The van der Waals surface area contributed by atoms with E-state index < -0.39 is 0 Å². The summed E-state index contributed by atoms with van der Waals surface area (Å²) in [5.74, 6) is 0. The van der Waals surface area contributed by atoms with Gasteiger partial charge in [0, 0.05) is 60.0 Å². The number of rotatable bonds is 5. The molecule has 0 radical (unpaired) electrons. The first kappa shape index (κ1) is 55.7. The molecule has 0 saturated heterocycles. The third kappa shape index (κ3) is 8.03. The molecule has 0 spiro atoms. The highest BCUT2D eigenvalue weighted by Gasteiger charge is 2.51. The van der Waals surface area contributed by atoms with Crippen molar-refractivity contribution < 1.29 is 0 Å². The van der Waals surface area contributed by atoms with Gasteiger partial charge in [-0.25, -0.2) is 0 Å². The number of benzene rings is 8. The number of thiophene rings is 1. The summed E-state index contributed by atoms with van der Waals surface area (Å²) in [6.07, 6.45) is 6.97. The van der Waals surface area contributed by atoms with Gasteiger partial charge in [-0.05, 0) is 216 Å². The van der Waals surface area contributed by atoms with Crippen molar-refractivity contribution in [3.8, 4) is 11.1 Å². The summed E-state index contributed by atoms with van der Waals surface area (Å²) < 4.78 is 2.85. The quantitative estimate of drug-likeness (QED) is 0.159. The average Bonchev–Trinajstić information content (AvgIpc) is 1.27. The minimum atomic E-state index is -0.219. The summed E-state index contributed by atoms with van der Waals surface area (Å²) in [6.45, 7) is 42.0. The molecule has 2 aliphatic heterocycles. The van der Waals surface area contributed by atoms with Gasteiger partial charge in [0.05, 0.1) is 17.1 Å². The van der Waals surface area contributed by atoms with Crippen LogP contribution in [0.3, 0.4) is 0 Å². The van der Waals surface area contributed by atoms with E-state index in [0.29, 0.717) is 0 Å². The summed E-state index contributed by atoms with van der Waals surface area (Å²) in [5, 5.41) is 1.38. The molecule has 9 aromatic rings. The van der Waals surface area contributed by atoms with Crippen LogP contribution in [0.4, 0.5) is 51.2 Å². The molecule has 0 saturated carbocycles. The maximum absolute atomic E-state index is 2.79. The van der Waals surface area contributed by atoms with E-state index in [1.54, 1.807) is 0 Å². The van der Waals surface area contributed by atoms with E-state index in [-0.39, 0.29) is 50.0 Å². The Morgan fingerprint density at radius 3 is 1.52 bits per heavy atom. The van der Waals surface area contributed by atoms with Crippen LogP contribution in [0.15, 0.2) is 152 Å². The van der Waals surface area contributed by atoms with E-state index in [1.165, 1.54) is 140 Å². The largest absolute Gasteiger partial charge is 0.311 e. The van der Waals surface area contributed by atoms with Crippen molar-refractivity contribution >= 4 is 95.0 Å². The van der Waals surface area contributed by atoms with E-state index in [1.807, 2.05) is 0 Å². The van der Waals surface area contributed by atoms with Gasteiger partial charge in [-0.15, -0.1) is 11.3 Å². The van der Waals surface area contributed by atoms with E-state index in [0.717, 1.165) is 36.3 Å².